The summed E-state index contributed by atoms with van der Waals surface area (Å²) in [6, 6.07) is 3.98. The van der Waals surface area contributed by atoms with Crippen LogP contribution in [-0.4, -0.2) is 37.2 Å². The zero-order valence-corrected chi connectivity index (χ0v) is 12.0. The van der Waals surface area contributed by atoms with Gasteiger partial charge in [-0.05, 0) is 24.5 Å². The van der Waals surface area contributed by atoms with Crippen LogP contribution in [0.1, 0.15) is 6.42 Å². The molecular weight excluding hydrogens is 301 g/mol. The minimum Gasteiger partial charge on any atom is -0.484 e. The Labute approximate surface area is 126 Å². The van der Waals surface area contributed by atoms with Crippen LogP contribution in [0.2, 0.25) is 5.02 Å². The van der Waals surface area contributed by atoms with E-state index >= 15 is 0 Å². The first kappa shape index (κ1) is 15.5. The van der Waals surface area contributed by atoms with Gasteiger partial charge in [0.1, 0.15) is 11.6 Å². The Bertz CT molecular complexity index is 529. The number of carbonyl (C=O) groups is 1. The van der Waals surface area contributed by atoms with E-state index in [-0.39, 0.29) is 29.2 Å². The van der Waals surface area contributed by atoms with Crippen LogP contribution in [0.25, 0.3) is 0 Å². The lowest BCUT2D eigenvalue weighted by molar-refractivity contribution is -0.123. The Kier molecular flexibility index (Phi) is 5.32. The van der Waals surface area contributed by atoms with Crippen molar-refractivity contribution in [1.29, 1.82) is 0 Å². The number of amides is 1. The molecule has 0 aliphatic carbocycles. The van der Waals surface area contributed by atoms with Gasteiger partial charge in [-0.3, -0.25) is 9.80 Å². The number of nitrogens with one attached hydrogen (secondary N) is 1. The summed E-state index contributed by atoms with van der Waals surface area (Å²) >= 11 is 5.55. The molecule has 1 aliphatic heterocycles. The van der Waals surface area contributed by atoms with Gasteiger partial charge in [-0.25, -0.2) is 4.39 Å². The Morgan fingerprint density at radius 3 is 3.05 bits per heavy atom. The zero-order chi connectivity index (χ0) is 15.2. The van der Waals surface area contributed by atoms with E-state index in [0.717, 1.165) is 12.5 Å². The fourth-order valence-electron chi connectivity index (χ4n) is 2.08. The van der Waals surface area contributed by atoms with Gasteiger partial charge in [0, 0.05) is 25.7 Å². The van der Waals surface area contributed by atoms with Crippen molar-refractivity contribution in [2.45, 2.75) is 6.42 Å². The molecule has 1 fully saturated rings. The topological polar surface area (TPSA) is 71.0 Å². The Morgan fingerprint density at radius 2 is 2.38 bits per heavy atom. The van der Waals surface area contributed by atoms with Crippen LogP contribution < -0.4 is 10.1 Å². The van der Waals surface area contributed by atoms with Gasteiger partial charge in [0.2, 0.25) is 0 Å². The third kappa shape index (κ3) is 4.56. The number of hydrogen-bond donors (Lipinski definition) is 1. The maximum absolute atomic E-state index is 13.2. The van der Waals surface area contributed by atoms with Gasteiger partial charge in [0.05, 0.1) is 10.3 Å². The fourth-order valence-corrected chi connectivity index (χ4v) is 2.20. The van der Waals surface area contributed by atoms with Gasteiger partial charge < -0.3 is 10.1 Å². The van der Waals surface area contributed by atoms with Crippen molar-refractivity contribution in [3.63, 3.8) is 0 Å². The van der Waals surface area contributed by atoms with Crippen molar-refractivity contribution in [1.82, 2.24) is 10.3 Å². The number of ether oxygens (including phenoxy) is 1. The lowest BCUT2D eigenvalue weighted by Crippen LogP contribution is -2.33. The van der Waals surface area contributed by atoms with Crippen LogP contribution in [0.15, 0.2) is 23.5 Å². The molecule has 0 radical (unpaired) electrons. The highest BCUT2D eigenvalue weighted by molar-refractivity contribution is 6.30. The molecule has 1 amide bonds. The average Bonchev–Trinajstić information content (AvgIpc) is 2.94. The van der Waals surface area contributed by atoms with Crippen molar-refractivity contribution in [3.8, 4) is 5.75 Å². The van der Waals surface area contributed by atoms with Crippen LogP contribution >= 0.6 is 11.6 Å². The molecule has 0 saturated carbocycles. The molecule has 1 aromatic rings. The summed E-state index contributed by atoms with van der Waals surface area (Å²) in [6.07, 6.45) is 0.815. The van der Waals surface area contributed by atoms with Crippen LogP contribution in [-0.2, 0) is 4.79 Å². The molecule has 1 atom stereocenters. The lowest BCUT2D eigenvalue weighted by atomic mass is 10.1. The number of carbonyl (C=O) groups excluding carboxylic acids is 1. The van der Waals surface area contributed by atoms with Gasteiger partial charge in [-0.1, -0.05) is 11.6 Å². The molecule has 0 bridgehead atoms. The first-order valence-electron chi connectivity index (χ1n) is 6.51. The van der Waals surface area contributed by atoms with Crippen molar-refractivity contribution >= 4 is 17.5 Å². The third-order valence-corrected chi connectivity index (χ3v) is 3.54. The SMILES string of the molecule is O=NN1CCC(CNC(=O)COc2ccc(Cl)c(F)c2)C1. The highest BCUT2D eigenvalue weighted by Gasteiger charge is 2.22. The maximum atomic E-state index is 13.2. The van der Waals surface area contributed by atoms with E-state index in [9.17, 15) is 14.1 Å². The number of hydrogen-bond acceptors (Lipinski definition) is 4. The molecule has 0 aromatic heterocycles. The number of halogens is 2. The fraction of sp³-hybridized carbons (Fsp3) is 0.462. The second kappa shape index (κ2) is 7.21. The second-order valence-corrected chi connectivity index (χ2v) is 5.22. The van der Waals surface area contributed by atoms with Crippen LogP contribution in [0.5, 0.6) is 5.75 Å². The molecule has 8 heteroatoms. The molecule has 2 rings (SSSR count). The normalized spacial score (nSPS) is 17.6. The van der Waals surface area contributed by atoms with Gasteiger partial charge >= 0.3 is 0 Å². The largest absolute Gasteiger partial charge is 0.484 e. The zero-order valence-electron chi connectivity index (χ0n) is 11.2. The minimum atomic E-state index is -0.595. The number of nitrogens with zero attached hydrogens (tertiary/aromatic N) is 2. The predicted molar refractivity (Wildman–Crippen MR) is 75.4 cm³/mol. The van der Waals surface area contributed by atoms with Crippen molar-refractivity contribution in [2.24, 2.45) is 11.2 Å². The molecular formula is C13H15ClFN3O3. The standard InChI is InChI=1S/C13H15ClFN3O3/c14-11-2-1-10(5-12(11)15)21-8-13(19)16-6-9-3-4-18(7-9)17-20/h1-2,5,9H,3-4,6-8H2,(H,16,19). The quantitative estimate of drug-likeness (QED) is 0.815. The maximum Gasteiger partial charge on any atom is 0.257 e. The van der Waals surface area contributed by atoms with Crippen LogP contribution in [0.4, 0.5) is 4.39 Å². The van der Waals surface area contributed by atoms with E-state index in [1.807, 2.05) is 0 Å². The monoisotopic (exact) mass is 315 g/mol. The average molecular weight is 316 g/mol. The molecule has 6 nitrogen and oxygen atoms in total. The van der Waals surface area contributed by atoms with Gasteiger partial charge in [0.15, 0.2) is 6.61 Å². The molecule has 0 spiro atoms. The number of rotatable bonds is 6. The summed E-state index contributed by atoms with van der Waals surface area (Å²) in [7, 11) is 0. The highest BCUT2D eigenvalue weighted by atomic mass is 35.5. The first-order valence-corrected chi connectivity index (χ1v) is 6.89. The first-order chi connectivity index (χ1) is 10.1. The number of benzene rings is 1. The van der Waals surface area contributed by atoms with Gasteiger partial charge in [0.25, 0.3) is 5.91 Å². The Hall–Kier alpha value is -1.89. The molecule has 21 heavy (non-hydrogen) atoms. The van der Waals surface area contributed by atoms with E-state index in [4.69, 9.17) is 16.3 Å². The molecule has 1 unspecified atom stereocenters. The highest BCUT2D eigenvalue weighted by Crippen LogP contribution is 2.20. The van der Waals surface area contributed by atoms with Crippen molar-refractivity contribution < 1.29 is 13.9 Å². The van der Waals surface area contributed by atoms with E-state index in [0.29, 0.717) is 19.6 Å². The summed E-state index contributed by atoms with van der Waals surface area (Å²) in [5, 5.41) is 7.00. The molecule has 1 aromatic carbocycles. The summed E-state index contributed by atoms with van der Waals surface area (Å²) in [4.78, 5) is 22.0. The van der Waals surface area contributed by atoms with E-state index in [1.165, 1.54) is 17.1 Å². The summed E-state index contributed by atoms with van der Waals surface area (Å²) < 4.78 is 18.3. The van der Waals surface area contributed by atoms with Crippen LogP contribution in [0, 0.1) is 16.6 Å². The molecule has 1 N–H and O–H groups in total. The third-order valence-electron chi connectivity index (χ3n) is 3.23. The smallest absolute Gasteiger partial charge is 0.257 e. The predicted octanol–water partition coefficient (Wildman–Crippen LogP) is 1.98. The molecule has 1 heterocycles. The minimum absolute atomic E-state index is 0.00127. The number of nitroso groups, excluding NO2 is 1. The summed E-state index contributed by atoms with van der Waals surface area (Å²) in [6.45, 7) is 1.42. The van der Waals surface area contributed by atoms with Crippen LogP contribution in [0.3, 0.4) is 0 Å². The second-order valence-electron chi connectivity index (χ2n) is 4.82. The van der Waals surface area contributed by atoms with Crippen molar-refractivity contribution in [3.05, 3.63) is 33.9 Å². The Balaban J connectivity index is 1.70. The summed E-state index contributed by atoms with van der Waals surface area (Å²) in [5.41, 5.74) is 0. The van der Waals surface area contributed by atoms with Gasteiger partial charge in [-0.2, -0.15) is 0 Å². The Morgan fingerprint density at radius 1 is 1.57 bits per heavy atom. The van der Waals surface area contributed by atoms with E-state index < -0.39 is 5.82 Å². The van der Waals surface area contributed by atoms with Crippen molar-refractivity contribution in [2.75, 3.05) is 26.2 Å². The lowest BCUT2D eigenvalue weighted by Gasteiger charge is -2.11. The van der Waals surface area contributed by atoms with E-state index in [2.05, 4.69) is 10.6 Å². The van der Waals surface area contributed by atoms with E-state index in [1.54, 1.807) is 0 Å². The molecule has 1 aliphatic rings. The molecule has 114 valence electrons. The van der Waals surface area contributed by atoms with Gasteiger partial charge in [-0.15, -0.1) is 4.91 Å². The molecule has 1 saturated heterocycles. The summed E-state index contributed by atoms with van der Waals surface area (Å²) in [5.74, 6) is -0.450.